The van der Waals surface area contributed by atoms with E-state index in [0.29, 0.717) is 12.8 Å². The molecule has 0 aromatic rings. The lowest BCUT2D eigenvalue weighted by Gasteiger charge is -2.40. The standard InChI is InChI=1S/C12H19NO4/c1-8(14)10-7-12(4-2-6-17-12)5-3-9(10)11(15)13-16/h9-10,16H,2-7H2,1H3,(H,13,15)/t9-,10+,12?/m0/s1. The highest BCUT2D eigenvalue weighted by atomic mass is 16.5. The van der Waals surface area contributed by atoms with Crippen LogP contribution < -0.4 is 5.48 Å². The molecule has 1 saturated carbocycles. The lowest BCUT2D eigenvalue weighted by atomic mass is 9.69. The fourth-order valence-electron chi connectivity index (χ4n) is 3.20. The van der Waals surface area contributed by atoms with Gasteiger partial charge in [0.2, 0.25) is 5.91 Å². The number of carbonyl (C=O) groups is 2. The minimum absolute atomic E-state index is 0.00757. The summed E-state index contributed by atoms with van der Waals surface area (Å²) in [6, 6.07) is 0. The summed E-state index contributed by atoms with van der Waals surface area (Å²) in [6.07, 6.45) is 4.03. The summed E-state index contributed by atoms with van der Waals surface area (Å²) >= 11 is 0. The molecule has 5 heteroatoms. The number of Topliss-reactive ketones (excluding diaryl/α,β-unsaturated/α-hetero) is 1. The average Bonchev–Trinajstić information content (AvgIpc) is 2.76. The molecular weight excluding hydrogens is 222 g/mol. The molecule has 1 heterocycles. The molecule has 1 amide bonds. The number of hydroxylamine groups is 1. The van der Waals surface area contributed by atoms with Gasteiger partial charge in [-0.2, -0.15) is 0 Å². The monoisotopic (exact) mass is 241 g/mol. The highest BCUT2D eigenvalue weighted by molar-refractivity contribution is 5.87. The van der Waals surface area contributed by atoms with Crippen LogP contribution >= 0.6 is 0 Å². The Hall–Kier alpha value is -0.940. The molecule has 1 spiro atoms. The van der Waals surface area contributed by atoms with E-state index < -0.39 is 11.8 Å². The van der Waals surface area contributed by atoms with Crippen LogP contribution in [0.4, 0.5) is 0 Å². The summed E-state index contributed by atoms with van der Waals surface area (Å²) < 4.78 is 5.78. The summed E-state index contributed by atoms with van der Waals surface area (Å²) in [4.78, 5) is 23.2. The van der Waals surface area contributed by atoms with Gasteiger partial charge in [-0.1, -0.05) is 0 Å². The van der Waals surface area contributed by atoms with Gasteiger partial charge in [-0.3, -0.25) is 14.8 Å². The third kappa shape index (κ3) is 2.35. The van der Waals surface area contributed by atoms with E-state index in [1.807, 2.05) is 0 Å². The van der Waals surface area contributed by atoms with Gasteiger partial charge in [0.05, 0.1) is 5.60 Å². The van der Waals surface area contributed by atoms with E-state index in [2.05, 4.69) is 0 Å². The molecule has 1 unspecified atom stereocenters. The Morgan fingerprint density at radius 3 is 2.65 bits per heavy atom. The Kier molecular flexibility index (Phi) is 3.49. The minimum Gasteiger partial charge on any atom is -0.375 e. The second kappa shape index (κ2) is 4.74. The Morgan fingerprint density at radius 1 is 1.35 bits per heavy atom. The quantitative estimate of drug-likeness (QED) is 0.559. The number of amides is 1. The number of hydrogen-bond donors (Lipinski definition) is 2. The van der Waals surface area contributed by atoms with E-state index >= 15 is 0 Å². The van der Waals surface area contributed by atoms with Crippen LogP contribution in [-0.2, 0) is 14.3 Å². The molecule has 2 fully saturated rings. The van der Waals surface area contributed by atoms with Crippen molar-refractivity contribution in [1.82, 2.24) is 5.48 Å². The molecule has 5 nitrogen and oxygen atoms in total. The Morgan fingerprint density at radius 2 is 2.12 bits per heavy atom. The summed E-state index contributed by atoms with van der Waals surface area (Å²) in [5.74, 6) is -1.17. The van der Waals surface area contributed by atoms with E-state index in [0.717, 1.165) is 25.9 Å². The molecule has 0 radical (unpaired) electrons. The first kappa shape index (κ1) is 12.5. The molecule has 96 valence electrons. The first-order chi connectivity index (χ1) is 8.08. The summed E-state index contributed by atoms with van der Waals surface area (Å²) in [7, 11) is 0. The van der Waals surface area contributed by atoms with Crippen LogP contribution in [0.2, 0.25) is 0 Å². The second-order valence-corrected chi connectivity index (χ2v) is 5.18. The molecular formula is C12H19NO4. The van der Waals surface area contributed by atoms with Crippen LogP contribution in [0.3, 0.4) is 0 Å². The summed E-state index contributed by atoms with van der Waals surface area (Å²) in [5, 5.41) is 8.70. The molecule has 1 aliphatic heterocycles. The van der Waals surface area contributed by atoms with Crippen molar-refractivity contribution in [3.63, 3.8) is 0 Å². The van der Waals surface area contributed by atoms with Crippen molar-refractivity contribution < 1.29 is 19.5 Å². The van der Waals surface area contributed by atoms with Crippen molar-refractivity contribution >= 4 is 11.7 Å². The van der Waals surface area contributed by atoms with Gasteiger partial charge in [-0.15, -0.1) is 0 Å². The number of ketones is 1. The van der Waals surface area contributed by atoms with Crippen molar-refractivity contribution in [3.05, 3.63) is 0 Å². The zero-order valence-electron chi connectivity index (χ0n) is 10.1. The third-order valence-electron chi connectivity index (χ3n) is 4.14. The van der Waals surface area contributed by atoms with Gasteiger partial charge >= 0.3 is 0 Å². The number of hydrogen-bond acceptors (Lipinski definition) is 4. The molecule has 3 atom stereocenters. The van der Waals surface area contributed by atoms with Crippen molar-refractivity contribution in [2.24, 2.45) is 11.8 Å². The van der Waals surface area contributed by atoms with Crippen LogP contribution in [0, 0.1) is 11.8 Å². The molecule has 0 bridgehead atoms. The predicted molar refractivity (Wildman–Crippen MR) is 59.4 cm³/mol. The molecule has 17 heavy (non-hydrogen) atoms. The topological polar surface area (TPSA) is 75.6 Å². The number of ether oxygens (including phenoxy) is 1. The largest absolute Gasteiger partial charge is 0.375 e. The maximum atomic E-state index is 11.7. The zero-order valence-corrected chi connectivity index (χ0v) is 10.1. The average molecular weight is 241 g/mol. The molecule has 1 saturated heterocycles. The molecule has 1 aliphatic carbocycles. The van der Waals surface area contributed by atoms with E-state index in [1.54, 1.807) is 5.48 Å². The maximum absolute atomic E-state index is 11.7. The van der Waals surface area contributed by atoms with Crippen LogP contribution in [0.1, 0.15) is 39.0 Å². The molecule has 2 aliphatic rings. The summed E-state index contributed by atoms with van der Waals surface area (Å²) in [5.41, 5.74) is 1.47. The SMILES string of the molecule is CC(=O)[C@H]1CC2(CCCO2)CC[C@@H]1C(=O)NO. The van der Waals surface area contributed by atoms with Crippen molar-refractivity contribution in [1.29, 1.82) is 0 Å². The van der Waals surface area contributed by atoms with Crippen molar-refractivity contribution in [2.45, 2.75) is 44.6 Å². The molecule has 2 rings (SSSR count). The smallest absolute Gasteiger partial charge is 0.247 e. The van der Waals surface area contributed by atoms with Gasteiger partial charge in [0.25, 0.3) is 0 Å². The molecule has 0 aromatic carbocycles. The van der Waals surface area contributed by atoms with Crippen LogP contribution in [0.5, 0.6) is 0 Å². The minimum atomic E-state index is -0.446. The lowest BCUT2D eigenvalue weighted by Crippen LogP contribution is -2.46. The highest BCUT2D eigenvalue weighted by Crippen LogP contribution is 2.44. The van der Waals surface area contributed by atoms with Gasteiger partial charge in [0.1, 0.15) is 5.78 Å². The Bertz CT molecular complexity index is 322. The molecule has 0 aromatic heterocycles. The maximum Gasteiger partial charge on any atom is 0.247 e. The van der Waals surface area contributed by atoms with Gasteiger partial charge in [0, 0.05) is 18.4 Å². The van der Waals surface area contributed by atoms with Crippen LogP contribution in [0.25, 0.3) is 0 Å². The Balaban J connectivity index is 2.13. The van der Waals surface area contributed by atoms with Gasteiger partial charge in [-0.25, -0.2) is 5.48 Å². The van der Waals surface area contributed by atoms with E-state index in [-0.39, 0.29) is 17.3 Å². The van der Waals surface area contributed by atoms with E-state index in [4.69, 9.17) is 9.94 Å². The highest BCUT2D eigenvalue weighted by Gasteiger charge is 2.47. The summed E-state index contributed by atoms with van der Waals surface area (Å²) in [6.45, 7) is 2.26. The van der Waals surface area contributed by atoms with Crippen molar-refractivity contribution in [2.75, 3.05) is 6.61 Å². The fraction of sp³-hybridized carbons (Fsp3) is 0.833. The number of rotatable bonds is 2. The fourth-order valence-corrected chi connectivity index (χ4v) is 3.20. The first-order valence-corrected chi connectivity index (χ1v) is 6.16. The number of nitrogens with one attached hydrogen (secondary N) is 1. The Labute approximate surface area is 100 Å². The van der Waals surface area contributed by atoms with Crippen molar-refractivity contribution in [3.8, 4) is 0 Å². The van der Waals surface area contributed by atoms with E-state index in [9.17, 15) is 9.59 Å². The van der Waals surface area contributed by atoms with E-state index in [1.165, 1.54) is 6.92 Å². The van der Waals surface area contributed by atoms with Crippen LogP contribution in [0.15, 0.2) is 0 Å². The lowest BCUT2D eigenvalue weighted by molar-refractivity contribution is -0.146. The van der Waals surface area contributed by atoms with Gasteiger partial charge < -0.3 is 4.74 Å². The van der Waals surface area contributed by atoms with Gasteiger partial charge in [-0.05, 0) is 39.0 Å². The number of carbonyl (C=O) groups excluding carboxylic acids is 2. The molecule has 2 N–H and O–H groups in total. The normalized spacial score (nSPS) is 37.1. The zero-order chi connectivity index (χ0) is 12.5. The van der Waals surface area contributed by atoms with Gasteiger partial charge in [0.15, 0.2) is 0 Å². The van der Waals surface area contributed by atoms with Crippen LogP contribution in [-0.4, -0.2) is 29.1 Å². The first-order valence-electron chi connectivity index (χ1n) is 6.16. The third-order valence-corrected chi connectivity index (χ3v) is 4.14. The predicted octanol–water partition coefficient (Wildman–Crippen LogP) is 1.05. The second-order valence-electron chi connectivity index (χ2n) is 5.18.